The van der Waals surface area contributed by atoms with Gasteiger partial charge in [0.05, 0.1) is 24.6 Å². The third-order valence-electron chi connectivity index (χ3n) is 2.62. The van der Waals surface area contributed by atoms with E-state index < -0.39 is 0 Å². The molecule has 1 N–H and O–H groups in total. The monoisotopic (exact) mass is 280 g/mol. The van der Waals surface area contributed by atoms with E-state index in [1.54, 1.807) is 12.1 Å². The molecule has 1 aromatic carbocycles. The van der Waals surface area contributed by atoms with Crippen molar-refractivity contribution in [3.63, 3.8) is 0 Å². The highest BCUT2D eigenvalue weighted by atomic mass is 79.9. The number of halogens is 1. The van der Waals surface area contributed by atoms with E-state index in [9.17, 15) is 5.11 Å². The van der Waals surface area contributed by atoms with Crippen LogP contribution in [0.2, 0.25) is 0 Å². The maximum Gasteiger partial charge on any atom is 0.134 e. The largest absolute Gasteiger partial charge is 0.508 e. The van der Waals surface area contributed by atoms with E-state index in [1.165, 1.54) is 0 Å². The standard InChI is InChI=1S/C11H9BrN2O2/c12-11-9-5-16-6-10(9)14(13-11)7-1-3-8(15)4-2-7/h1-4,15H,5-6H2. The van der Waals surface area contributed by atoms with Crippen molar-refractivity contribution >= 4 is 15.9 Å². The van der Waals surface area contributed by atoms with Crippen molar-refractivity contribution < 1.29 is 9.84 Å². The van der Waals surface area contributed by atoms with E-state index in [2.05, 4.69) is 21.0 Å². The first-order valence-corrected chi connectivity index (χ1v) is 5.68. The summed E-state index contributed by atoms with van der Waals surface area (Å²) in [5.41, 5.74) is 3.09. The molecule has 4 nitrogen and oxygen atoms in total. The zero-order chi connectivity index (χ0) is 11.1. The lowest BCUT2D eigenvalue weighted by atomic mass is 10.2. The van der Waals surface area contributed by atoms with E-state index >= 15 is 0 Å². The van der Waals surface area contributed by atoms with Crippen LogP contribution >= 0.6 is 15.9 Å². The molecule has 0 unspecified atom stereocenters. The van der Waals surface area contributed by atoms with Crippen molar-refractivity contribution in [3.8, 4) is 11.4 Å². The smallest absolute Gasteiger partial charge is 0.134 e. The van der Waals surface area contributed by atoms with Gasteiger partial charge in [-0.25, -0.2) is 4.68 Å². The Kier molecular flexibility index (Phi) is 2.22. The maximum atomic E-state index is 9.24. The van der Waals surface area contributed by atoms with Gasteiger partial charge in [-0.15, -0.1) is 0 Å². The van der Waals surface area contributed by atoms with Crippen LogP contribution in [0.5, 0.6) is 5.75 Å². The molecule has 0 aliphatic carbocycles. The van der Waals surface area contributed by atoms with Crippen molar-refractivity contribution in [3.05, 3.63) is 40.1 Å². The fraction of sp³-hybridized carbons (Fsp3) is 0.182. The zero-order valence-corrected chi connectivity index (χ0v) is 9.94. The number of phenolic OH excluding ortho intramolecular Hbond substituents is 1. The molecule has 0 bridgehead atoms. The molecule has 0 saturated carbocycles. The number of nitrogens with zero attached hydrogens (tertiary/aromatic N) is 2. The van der Waals surface area contributed by atoms with Crippen LogP contribution in [0, 0.1) is 0 Å². The van der Waals surface area contributed by atoms with Gasteiger partial charge in [0.25, 0.3) is 0 Å². The molecule has 0 spiro atoms. The van der Waals surface area contributed by atoms with Crippen molar-refractivity contribution in [1.82, 2.24) is 9.78 Å². The molecule has 16 heavy (non-hydrogen) atoms. The predicted octanol–water partition coefficient (Wildman–Crippen LogP) is 2.37. The Morgan fingerprint density at radius 3 is 2.75 bits per heavy atom. The van der Waals surface area contributed by atoms with Gasteiger partial charge in [-0.1, -0.05) is 0 Å². The molecular formula is C11H9BrN2O2. The first-order chi connectivity index (χ1) is 7.75. The minimum absolute atomic E-state index is 0.253. The van der Waals surface area contributed by atoms with E-state index in [0.717, 1.165) is 21.5 Å². The Bertz CT molecular complexity index is 534. The summed E-state index contributed by atoms with van der Waals surface area (Å²) in [6.45, 7) is 1.18. The Hall–Kier alpha value is -1.33. The van der Waals surface area contributed by atoms with Crippen LogP contribution in [0.15, 0.2) is 28.9 Å². The van der Waals surface area contributed by atoms with Gasteiger partial charge in [0.15, 0.2) is 0 Å². The zero-order valence-electron chi connectivity index (χ0n) is 8.35. The van der Waals surface area contributed by atoms with E-state index in [1.807, 2.05) is 16.8 Å². The van der Waals surface area contributed by atoms with Crippen molar-refractivity contribution in [2.75, 3.05) is 0 Å². The molecular weight excluding hydrogens is 272 g/mol. The predicted molar refractivity (Wildman–Crippen MR) is 61.4 cm³/mol. The summed E-state index contributed by atoms with van der Waals surface area (Å²) < 4.78 is 8.05. The second-order valence-electron chi connectivity index (χ2n) is 3.64. The van der Waals surface area contributed by atoms with Gasteiger partial charge in [-0.3, -0.25) is 0 Å². The highest BCUT2D eigenvalue weighted by Crippen LogP contribution is 2.29. The number of benzene rings is 1. The molecule has 0 saturated heterocycles. The molecule has 5 heteroatoms. The van der Waals surface area contributed by atoms with E-state index in [4.69, 9.17) is 4.74 Å². The normalized spacial score (nSPS) is 14.1. The summed E-state index contributed by atoms with van der Waals surface area (Å²) in [6.07, 6.45) is 0. The summed E-state index contributed by atoms with van der Waals surface area (Å²) in [7, 11) is 0. The third kappa shape index (κ3) is 1.44. The van der Waals surface area contributed by atoms with Gasteiger partial charge in [0.1, 0.15) is 10.4 Å². The number of hydrogen-bond acceptors (Lipinski definition) is 3. The van der Waals surface area contributed by atoms with E-state index in [-0.39, 0.29) is 5.75 Å². The molecule has 1 aliphatic heterocycles. The molecule has 82 valence electrons. The summed E-state index contributed by atoms with van der Waals surface area (Å²) >= 11 is 3.42. The van der Waals surface area contributed by atoms with Crippen molar-refractivity contribution in [2.24, 2.45) is 0 Å². The molecule has 0 amide bonds. The number of phenols is 1. The Balaban J connectivity index is 2.13. The average molecular weight is 281 g/mol. The van der Waals surface area contributed by atoms with Gasteiger partial charge < -0.3 is 9.84 Å². The van der Waals surface area contributed by atoms with Crippen LogP contribution in [-0.4, -0.2) is 14.9 Å². The Morgan fingerprint density at radius 1 is 1.25 bits per heavy atom. The third-order valence-corrected chi connectivity index (χ3v) is 3.26. The second kappa shape index (κ2) is 3.61. The van der Waals surface area contributed by atoms with Gasteiger partial charge in [0.2, 0.25) is 0 Å². The second-order valence-corrected chi connectivity index (χ2v) is 4.39. The fourth-order valence-electron chi connectivity index (χ4n) is 1.80. The molecule has 0 atom stereocenters. The Morgan fingerprint density at radius 2 is 2.00 bits per heavy atom. The quantitative estimate of drug-likeness (QED) is 0.873. The van der Waals surface area contributed by atoms with Crippen LogP contribution in [0.3, 0.4) is 0 Å². The number of rotatable bonds is 1. The van der Waals surface area contributed by atoms with Gasteiger partial charge in [-0.05, 0) is 40.2 Å². The maximum absolute atomic E-state index is 9.24. The van der Waals surface area contributed by atoms with Crippen LogP contribution in [-0.2, 0) is 18.0 Å². The number of fused-ring (bicyclic) bond motifs is 1. The number of aromatic nitrogens is 2. The molecule has 0 radical (unpaired) electrons. The molecule has 3 rings (SSSR count). The minimum atomic E-state index is 0.253. The Labute approximate surface area is 101 Å². The molecule has 0 fully saturated rings. The highest BCUT2D eigenvalue weighted by molar-refractivity contribution is 9.10. The fourth-order valence-corrected chi connectivity index (χ4v) is 2.31. The van der Waals surface area contributed by atoms with E-state index in [0.29, 0.717) is 13.2 Å². The summed E-state index contributed by atoms with van der Waals surface area (Å²) in [4.78, 5) is 0. The van der Waals surface area contributed by atoms with Crippen LogP contribution in [0.1, 0.15) is 11.3 Å². The van der Waals surface area contributed by atoms with Gasteiger partial charge in [-0.2, -0.15) is 5.10 Å². The number of aromatic hydroxyl groups is 1. The average Bonchev–Trinajstić information content (AvgIpc) is 2.84. The summed E-state index contributed by atoms with van der Waals surface area (Å²) in [6, 6.07) is 6.95. The first-order valence-electron chi connectivity index (χ1n) is 4.89. The van der Waals surface area contributed by atoms with Gasteiger partial charge in [0, 0.05) is 5.56 Å². The molecule has 2 heterocycles. The lowest BCUT2D eigenvalue weighted by molar-refractivity contribution is 0.130. The highest BCUT2D eigenvalue weighted by Gasteiger charge is 2.22. The van der Waals surface area contributed by atoms with Crippen molar-refractivity contribution in [1.29, 1.82) is 0 Å². The van der Waals surface area contributed by atoms with Gasteiger partial charge >= 0.3 is 0 Å². The SMILES string of the molecule is Oc1ccc(-n2nc(Br)c3c2COC3)cc1. The topological polar surface area (TPSA) is 47.3 Å². The lowest BCUT2D eigenvalue weighted by Gasteiger charge is -2.04. The summed E-state index contributed by atoms with van der Waals surface area (Å²) in [5, 5.41) is 13.6. The minimum Gasteiger partial charge on any atom is -0.508 e. The molecule has 1 aliphatic rings. The van der Waals surface area contributed by atoms with Crippen LogP contribution in [0.4, 0.5) is 0 Å². The summed E-state index contributed by atoms with van der Waals surface area (Å²) in [5.74, 6) is 0.253. The number of ether oxygens (including phenoxy) is 1. The first kappa shape index (κ1) is 9.86. The van der Waals surface area contributed by atoms with Crippen LogP contribution in [0.25, 0.3) is 5.69 Å². The van der Waals surface area contributed by atoms with Crippen molar-refractivity contribution in [2.45, 2.75) is 13.2 Å². The molecule has 1 aromatic heterocycles. The number of hydrogen-bond donors (Lipinski definition) is 1. The van der Waals surface area contributed by atoms with Crippen LogP contribution < -0.4 is 0 Å². The molecule has 2 aromatic rings. The lowest BCUT2D eigenvalue weighted by Crippen LogP contribution is -2.00.